The Labute approximate surface area is 175 Å². The highest BCUT2D eigenvalue weighted by Gasteiger charge is 2.34. The van der Waals surface area contributed by atoms with Gasteiger partial charge in [-0.2, -0.15) is 4.31 Å². The number of amides is 1. The Balaban J connectivity index is 1.76. The number of sulfonamides is 1. The summed E-state index contributed by atoms with van der Waals surface area (Å²) < 4.78 is 44.5. The number of aryl methyl sites for hydroxylation is 1. The Morgan fingerprint density at radius 2 is 1.83 bits per heavy atom. The number of ether oxygens (including phenoxy) is 3. The lowest BCUT2D eigenvalue weighted by Gasteiger charge is -2.30. The third-order valence-electron chi connectivity index (χ3n) is 4.97. The molecule has 11 heteroatoms. The standard InChI is InChI=1S/C19H26N4O6S/c1-22-11-17(20-12-22)30(25,26)23-7-5-6-13(10-23)19(24)21-14-8-15(27-2)18(29-4)16(9-14)28-3/h8-9,11-13H,5-7,10H2,1-4H3,(H,21,24)/t13-/m1/s1. The van der Waals surface area contributed by atoms with Crippen molar-refractivity contribution < 1.29 is 27.4 Å². The molecule has 0 unspecified atom stereocenters. The van der Waals surface area contributed by atoms with Gasteiger partial charge >= 0.3 is 0 Å². The Kier molecular flexibility index (Phi) is 6.52. The molecule has 1 fully saturated rings. The molecule has 164 valence electrons. The average Bonchev–Trinajstić information content (AvgIpc) is 3.20. The molecule has 0 saturated carbocycles. The third kappa shape index (κ3) is 4.36. The van der Waals surface area contributed by atoms with E-state index in [4.69, 9.17) is 14.2 Å². The average molecular weight is 439 g/mol. The fourth-order valence-corrected chi connectivity index (χ4v) is 4.92. The van der Waals surface area contributed by atoms with Crippen LogP contribution in [0, 0.1) is 5.92 Å². The summed E-state index contributed by atoms with van der Waals surface area (Å²) in [5.41, 5.74) is 0.471. The Hall–Kier alpha value is -2.79. The van der Waals surface area contributed by atoms with Gasteiger partial charge in [-0.25, -0.2) is 13.4 Å². The number of rotatable bonds is 7. The molecular formula is C19H26N4O6S. The van der Waals surface area contributed by atoms with Gasteiger partial charge in [-0.05, 0) is 12.8 Å². The predicted octanol–water partition coefficient (Wildman–Crippen LogP) is 1.49. The molecular weight excluding hydrogens is 412 g/mol. The van der Waals surface area contributed by atoms with E-state index >= 15 is 0 Å². The van der Waals surface area contributed by atoms with Crippen LogP contribution in [0.2, 0.25) is 0 Å². The second-order valence-electron chi connectivity index (χ2n) is 6.98. The van der Waals surface area contributed by atoms with Crippen molar-refractivity contribution in [1.29, 1.82) is 0 Å². The maximum absolute atomic E-state index is 12.9. The molecule has 10 nitrogen and oxygen atoms in total. The molecule has 2 aromatic rings. The molecule has 0 bridgehead atoms. The van der Waals surface area contributed by atoms with Crippen molar-refractivity contribution in [2.75, 3.05) is 39.7 Å². The molecule has 1 aliphatic rings. The minimum atomic E-state index is -3.75. The minimum Gasteiger partial charge on any atom is -0.493 e. The zero-order valence-electron chi connectivity index (χ0n) is 17.4. The third-order valence-corrected chi connectivity index (χ3v) is 6.72. The van der Waals surface area contributed by atoms with Crippen molar-refractivity contribution in [2.45, 2.75) is 17.9 Å². The number of nitrogens with one attached hydrogen (secondary N) is 1. The molecule has 1 atom stereocenters. The summed E-state index contributed by atoms with van der Waals surface area (Å²) in [6.07, 6.45) is 4.06. The number of piperidine rings is 1. The van der Waals surface area contributed by atoms with Crippen molar-refractivity contribution in [1.82, 2.24) is 13.9 Å². The number of hydrogen-bond donors (Lipinski definition) is 1. The summed E-state index contributed by atoms with van der Waals surface area (Å²) in [5, 5.41) is 2.81. The fraction of sp³-hybridized carbons (Fsp3) is 0.474. The van der Waals surface area contributed by atoms with Gasteiger partial charge in [-0.15, -0.1) is 0 Å². The zero-order valence-corrected chi connectivity index (χ0v) is 18.2. The van der Waals surface area contributed by atoms with Gasteiger partial charge in [0.05, 0.1) is 33.6 Å². The predicted molar refractivity (Wildman–Crippen MR) is 109 cm³/mol. The number of anilines is 1. The van der Waals surface area contributed by atoms with Crippen LogP contribution < -0.4 is 19.5 Å². The number of nitrogens with zero attached hydrogens (tertiary/aromatic N) is 3. The van der Waals surface area contributed by atoms with E-state index in [0.29, 0.717) is 42.3 Å². The van der Waals surface area contributed by atoms with Crippen LogP contribution in [0.3, 0.4) is 0 Å². The van der Waals surface area contributed by atoms with E-state index < -0.39 is 15.9 Å². The van der Waals surface area contributed by atoms with Crippen molar-refractivity contribution in [3.63, 3.8) is 0 Å². The van der Waals surface area contributed by atoms with Crippen LogP contribution in [-0.2, 0) is 21.9 Å². The summed E-state index contributed by atoms with van der Waals surface area (Å²) >= 11 is 0. The van der Waals surface area contributed by atoms with Crippen molar-refractivity contribution in [2.24, 2.45) is 13.0 Å². The zero-order chi connectivity index (χ0) is 21.9. The van der Waals surface area contributed by atoms with E-state index in [1.807, 2.05) is 0 Å². The highest BCUT2D eigenvalue weighted by atomic mass is 32.2. The van der Waals surface area contributed by atoms with E-state index in [9.17, 15) is 13.2 Å². The molecule has 1 amide bonds. The normalized spacial score (nSPS) is 17.4. The van der Waals surface area contributed by atoms with E-state index in [-0.39, 0.29) is 17.5 Å². The van der Waals surface area contributed by atoms with Gasteiger partial charge < -0.3 is 24.1 Å². The van der Waals surface area contributed by atoms with Crippen LogP contribution in [0.1, 0.15) is 12.8 Å². The summed E-state index contributed by atoms with van der Waals surface area (Å²) in [7, 11) is 2.44. The summed E-state index contributed by atoms with van der Waals surface area (Å²) in [4.78, 5) is 16.8. The smallest absolute Gasteiger partial charge is 0.262 e. The topological polar surface area (TPSA) is 112 Å². The Bertz CT molecular complexity index is 995. The largest absolute Gasteiger partial charge is 0.493 e. The molecule has 30 heavy (non-hydrogen) atoms. The number of methoxy groups -OCH3 is 3. The number of aromatic nitrogens is 2. The maximum Gasteiger partial charge on any atom is 0.262 e. The molecule has 3 rings (SSSR count). The van der Waals surface area contributed by atoms with Crippen LogP contribution in [0.4, 0.5) is 5.69 Å². The van der Waals surface area contributed by atoms with Crippen LogP contribution in [0.25, 0.3) is 0 Å². The van der Waals surface area contributed by atoms with Crippen molar-refractivity contribution in [3.05, 3.63) is 24.7 Å². The van der Waals surface area contributed by atoms with Crippen molar-refractivity contribution >= 4 is 21.6 Å². The van der Waals surface area contributed by atoms with Crippen LogP contribution >= 0.6 is 0 Å². The number of imidazole rings is 1. The molecule has 1 aliphatic heterocycles. The summed E-state index contributed by atoms with van der Waals surface area (Å²) in [5.74, 6) is 0.482. The molecule has 2 heterocycles. The van der Waals surface area contributed by atoms with Gasteiger partial charge in [0.15, 0.2) is 16.5 Å². The lowest BCUT2D eigenvalue weighted by Crippen LogP contribution is -2.43. The Morgan fingerprint density at radius 1 is 1.17 bits per heavy atom. The lowest BCUT2D eigenvalue weighted by molar-refractivity contribution is -0.120. The van der Waals surface area contributed by atoms with Crippen LogP contribution in [0.15, 0.2) is 29.7 Å². The van der Waals surface area contributed by atoms with E-state index in [0.717, 1.165) is 0 Å². The molecule has 0 aliphatic carbocycles. The van der Waals surface area contributed by atoms with Crippen LogP contribution in [-0.4, -0.2) is 62.6 Å². The SMILES string of the molecule is COc1cc(NC(=O)[C@@H]2CCCN(S(=O)(=O)c3cn(C)cn3)C2)cc(OC)c1OC. The number of carbonyl (C=O) groups excluding carboxylic acids is 1. The fourth-order valence-electron chi connectivity index (χ4n) is 3.43. The number of carbonyl (C=O) groups is 1. The molecule has 1 N–H and O–H groups in total. The summed E-state index contributed by atoms with van der Waals surface area (Å²) in [6.45, 7) is 0.446. The van der Waals surface area contributed by atoms with Gasteiger partial charge in [-0.3, -0.25) is 4.79 Å². The second kappa shape index (κ2) is 8.92. The molecule has 0 spiro atoms. The van der Waals surface area contributed by atoms with Gasteiger partial charge in [0, 0.05) is 44.2 Å². The van der Waals surface area contributed by atoms with E-state index in [1.165, 1.54) is 38.2 Å². The quantitative estimate of drug-likeness (QED) is 0.697. The monoisotopic (exact) mass is 438 g/mol. The highest BCUT2D eigenvalue weighted by molar-refractivity contribution is 7.89. The summed E-state index contributed by atoms with van der Waals surface area (Å²) in [6, 6.07) is 3.26. The first kappa shape index (κ1) is 21.9. The minimum absolute atomic E-state index is 0.0179. The lowest BCUT2D eigenvalue weighted by atomic mass is 9.98. The molecule has 1 aromatic heterocycles. The van der Waals surface area contributed by atoms with Crippen molar-refractivity contribution in [3.8, 4) is 17.2 Å². The molecule has 0 radical (unpaired) electrons. The Morgan fingerprint density at radius 3 is 2.37 bits per heavy atom. The molecule has 1 saturated heterocycles. The highest BCUT2D eigenvalue weighted by Crippen LogP contribution is 2.40. The first-order chi connectivity index (χ1) is 14.3. The first-order valence-corrected chi connectivity index (χ1v) is 10.8. The number of hydrogen-bond acceptors (Lipinski definition) is 7. The second-order valence-corrected chi connectivity index (χ2v) is 8.87. The first-order valence-electron chi connectivity index (χ1n) is 9.39. The number of benzene rings is 1. The van der Waals surface area contributed by atoms with Gasteiger partial charge in [-0.1, -0.05) is 0 Å². The van der Waals surface area contributed by atoms with Gasteiger partial charge in [0.2, 0.25) is 11.7 Å². The van der Waals surface area contributed by atoms with E-state index in [1.54, 1.807) is 23.7 Å². The van der Waals surface area contributed by atoms with E-state index in [2.05, 4.69) is 10.3 Å². The molecule has 1 aromatic carbocycles. The van der Waals surface area contributed by atoms with Gasteiger partial charge in [0.25, 0.3) is 10.0 Å². The maximum atomic E-state index is 12.9. The van der Waals surface area contributed by atoms with Gasteiger partial charge in [0.1, 0.15) is 0 Å². The van der Waals surface area contributed by atoms with Crippen LogP contribution in [0.5, 0.6) is 17.2 Å².